The molecule has 122 valence electrons. The number of ether oxygens (including phenoxy) is 1. The van der Waals surface area contributed by atoms with Crippen LogP contribution in [0.15, 0.2) is 36.4 Å². The first-order valence-electron chi connectivity index (χ1n) is 8.00. The molecular formula is C18H25ClO3. The van der Waals surface area contributed by atoms with Crippen LogP contribution < -0.4 is 4.74 Å². The van der Waals surface area contributed by atoms with Gasteiger partial charge in [0.25, 0.3) is 0 Å². The van der Waals surface area contributed by atoms with Crippen molar-refractivity contribution < 1.29 is 14.9 Å². The second-order valence-corrected chi connectivity index (χ2v) is 6.51. The Labute approximate surface area is 137 Å². The monoisotopic (exact) mass is 324 g/mol. The van der Waals surface area contributed by atoms with Crippen LogP contribution in [0.3, 0.4) is 0 Å². The smallest absolute Gasteiger partial charge is 0.122 e. The van der Waals surface area contributed by atoms with Gasteiger partial charge in [0.05, 0.1) is 12.7 Å². The van der Waals surface area contributed by atoms with Gasteiger partial charge < -0.3 is 14.9 Å². The number of hydrogen-bond acceptors (Lipinski definition) is 3. The summed E-state index contributed by atoms with van der Waals surface area (Å²) >= 11 is 6.40. The number of unbranched alkanes of at least 4 members (excludes halogenated alkanes) is 1. The lowest BCUT2D eigenvalue weighted by molar-refractivity contribution is 0.0807. The van der Waals surface area contributed by atoms with E-state index in [1.54, 1.807) is 24.3 Å². The molecule has 4 atom stereocenters. The summed E-state index contributed by atoms with van der Waals surface area (Å²) in [6.45, 7) is 2.57. The number of benzene rings is 1. The zero-order valence-electron chi connectivity index (χ0n) is 13.0. The maximum absolute atomic E-state index is 10.2. The van der Waals surface area contributed by atoms with Crippen LogP contribution >= 0.6 is 11.6 Å². The van der Waals surface area contributed by atoms with Crippen molar-refractivity contribution in [1.82, 2.24) is 0 Å². The summed E-state index contributed by atoms with van der Waals surface area (Å²) in [5.41, 5.74) is 0. The molecule has 1 aliphatic carbocycles. The number of phenolic OH excluding ortho intramolecular Hbond substituents is 1. The standard InChI is InChI=1S/C18H25ClO3/c1-2-3-4-5-9-15-16(18(21)11-17(15)19)12-22-14-8-6-7-13(20)10-14/h4-8,10,15-18,20-21H,2-3,9,11-12H2,1H3/b5-4-/t15-,16-,17-,18-/m1/s1. The van der Waals surface area contributed by atoms with E-state index in [-0.39, 0.29) is 23.0 Å². The van der Waals surface area contributed by atoms with E-state index in [1.165, 1.54) is 0 Å². The van der Waals surface area contributed by atoms with E-state index in [2.05, 4.69) is 19.1 Å². The molecular weight excluding hydrogens is 300 g/mol. The van der Waals surface area contributed by atoms with Gasteiger partial charge in [0.15, 0.2) is 0 Å². The van der Waals surface area contributed by atoms with Crippen LogP contribution in [0.5, 0.6) is 11.5 Å². The fourth-order valence-electron chi connectivity index (χ4n) is 2.99. The van der Waals surface area contributed by atoms with Crippen molar-refractivity contribution in [2.24, 2.45) is 11.8 Å². The molecule has 1 aromatic carbocycles. The Hall–Kier alpha value is -1.19. The van der Waals surface area contributed by atoms with E-state index in [9.17, 15) is 10.2 Å². The minimum atomic E-state index is -0.426. The van der Waals surface area contributed by atoms with Crippen molar-refractivity contribution in [2.75, 3.05) is 6.61 Å². The van der Waals surface area contributed by atoms with Crippen LogP contribution in [0.4, 0.5) is 0 Å². The maximum atomic E-state index is 10.2. The quantitative estimate of drug-likeness (QED) is 0.586. The van der Waals surface area contributed by atoms with Crippen molar-refractivity contribution in [3.63, 3.8) is 0 Å². The maximum Gasteiger partial charge on any atom is 0.122 e. The summed E-state index contributed by atoms with van der Waals surface area (Å²) in [7, 11) is 0. The second kappa shape index (κ2) is 8.44. The third-order valence-corrected chi connectivity index (χ3v) is 4.77. The molecule has 4 heteroatoms. The Morgan fingerprint density at radius 1 is 1.32 bits per heavy atom. The number of halogens is 1. The predicted octanol–water partition coefficient (Wildman–Crippen LogP) is 4.12. The first-order valence-corrected chi connectivity index (χ1v) is 8.44. The van der Waals surface area contributed by atoms with Gasteiger partial charge in [0, 0.05) is 17.4 Å². The summed E-state index contributed by atoms with van der Waals surface area (Å²) in [6, 6.07) is 6.73. The largest absolute Gasteiger partial charge is 0.508 e. The SMILES string of the molecule is CCC/C=C\C[C@@H]1[C@@H](COc2cccc(O)c2)[C@H](O)C[C@H]1Cl. The average molecular weight is 325 g/mol. The number of rotatable bonds is 7. The van der Waals surface area contributed by atoms with Gasteiger partial charge in [-0.1, -0.05) is 31.6 Å². The van der Waals surface area contributed by atoms with Gasteiger partial charge in [-0.15, -0.1) is 11.6 Å². The van der Waals surface area contributed by atoms with E-state index in [4.69, 9.17) is 16.3 Å². The van der Waals surface area contributed by atoms with Crippen LogP contribution in [0, 0.1) is 11.8 Å². The first kappa shape index (κ1) is 17.2. The lowest BCUT2D eigenvalue weighted by atomic mass is 9.92. The van der Waals surface area contributed by atoms with Gasteiger partial charge in [-0.2, -0.15) is 0 Å². The van der Waals surface area contributed by atoms with E-state index in [1.807, 2.05) is 0 Å². The Balaban J connectivity index is 1.93. The van der Waals surface area contributed by atoms with E-state index < -0.39 is 6.10 Å². The topological polar surface area (TPSA) is 49.7 Å². The predicted molar refractivity (Wildman–Crippen MR) is 89.5 cm³/mol. The molecule has 0 bridgehead atoms. The molecule has 0 radical (unpaired) electrons. The Kier molecular flexibility index (Phi) is 6.59. The molecule has 3 nitrogen and oxygen atoms in total. The molecule has 0 amide bonds. The molecule has 1 aromatic rings. The number of alkyl halides is 1. The molecule has 0 saturated heterocycles. The molecule has 1 aliphatic rings. The minimum Gasteiger partial charge on any atom is -0.508 e. The molecule has 0 heterocycles. The van der Waals surface area contributed by atoms with Gasteiger partial charge in [-0.05, 0) is 37.3 Å². The number of aliphatic hydroxyl groups is 1. The number of aliphatic hydroxyl groups excluding tert-OH is 1. The van der Waals surface area contributed by atoms with E-state index >= 15 is 0 Å². The zero-order chi connectivity index (χ0) is 15.9. The summed E-state index contributed by atoms with van der Waals surface area (Å²) in [6.07, 6.45) is 7.63. The van der Waals surface area contributed by atoms with Gasteiger partial charge in [0.1, 0.15) is 11.5 Å². The minimum absolute atomic E-state index is 0.0148. The molecule has 0 aliphatic heterocycles. The van der Waals surface area contributed by atoms with Gasteiger partial charge in [-0.25, -0.2) is 0 Å². The summed E-state index contributed by atoms with van der Waals surface area (Å²) in [4.78, 5) is 0. The van der Waals surface area contributed by atoms with Crippen LogP contribution in [-0.4, -0.2) is 28.3 Å². The third-order valence-electron chi connectivity index (χ3n) is 4.27. The number of allylic oxidation sites excluding steroid dienone is 2. The van der Waals surface area contributed by atoms with Crippen molar-refractivity contribution in [1.29, 1.82) is 0 Å². The Morgan fingerprint density at radius 3 is 2.86 bits per heavy atom. The Morgan fingerprint density at radius 2 is 2.14 bits per heavy atom. The van der Waals surface area contributed by atoms with Crippen molar-refractivity contribution in [2.45, 2.75) is 44.1 Å². The lowest BCUT2D eigenvalue weighted by Crippen LogP contribution is -2.27. The van der Waals surface area contributed by atoms with Crippen molar-refractivity contribution in [3.05, 3.63) is 36.4 Å². The van der Waals surface area contributed by atoms with Gasteiger partial charge in [0.2, 0.25) is 0 Å². The summed E-state index contributed by atoms with van der Waals surface area (Å²) in [5, 5.41) is 19.7. The molecule has 0 unspecified atom stereocenters. The van der Waals surface area contributed by atoms with Gasteiger partial charge in [-0.3, -0.25) is 0 Å². The molecule has 2 N–H and O–H groups in total. The highest BCUT2D eigenvalue weighted by Gasteiger charge is 2.41. The third kappa shape index (κ3) is 4.65. The molecule has 2 rings (SSSR count). The van der Waals surface area contributed by atoms with E-state index in [0.29, 0.717) is 18.8 Å². The number of hydrogen-bond donors (Lipinski definition) is 2. The normalized spacial score (nSPS) is 28.3. The highest BCUT2D eigenvalue weighted by atomic mass is 35.5. The average Bonchev–Trinajstić information content (AvgIpc) is 2.75. The summed E-state index contributed by atoms with van der Waals surface area (Å²) in [5.74, 6) is 1.04. The number of aromatic hydroxyl groups is 1. The summed E-state index contributed by atoms with van der Waals surface area (Å²) < 4.78 is 5.74. The Bertz CT molecular complexity index is 489. The van der Waals surface area contributed by atoms with E-state index in [0.717, 1.165) is 19.3 Å². The fraction of sp³-hybridized carbons (Fsp3) is 0.556. The van der Waals surface area contributed by atoms with Crippen LogP contribution in [0.2, 0.25) is 0 Å². The number of phenols is 1. The molecule has 22 heavy (non-hydrogen) atoms. The first-order chi connectivity index (χ1) is 10.6. The lowest BCUT2D eigenvalue weighted by Gasteiger charge is -2.22. The highest BCUT2D eigenvalue weighted by Crippen LogP contribution is 2.39. The molecule has 1 fully saturated rings. The van der Waals surface area contributed by atoms with Gasteiger partial charge >= 0.3 is 0 Å². The molecule has 0 spiro atoms. The van der Waals surface area contributed by atoms with Crippen LogP contribution in [-0.2, 0) is 0 Å². The zero-order valence-corrected chi connectivity index (χ0v) is 13.7. The molecule has 0 aromatic heterocycles. The van der Waals surface area contributed by atoms with Crippen molar-refractivity contribution >= 4 is 11.6 Å². The molecule has 1 saturated carbocycles. The second-order valence-electron chi connectivity index (χ2n) is 5.95. The fourth-order valence-corrected chi connectivity index (χ4v) is 3.47. The van der Waals surface area contributed by atoms with Crippen molar-refractivity contribution in [3.8, 4) is 11.5 Å². The van der Waals surface area contributed by atoms with Crippen LogP contribution in [0.25, 0.3) is 0 Å². The van der Waals surface area contributed by atoms with Crippen LogP contribution in [0.1, 0.15) is 32.6 Å². The highest BCUT2D eigenvalue weighted by molar-refractivity contribution is 6.21.